The number of esters is 1. The van der Waals surface area contributed by atoms with Gasteiger partial charge in [-0.15, -0.1) is 0 Å². The molecular weight excluding hydrogens is 368 g/mol. The minimum Gasteiger partial charge on any atom is -0.493 e. The Morgan fingerprint density at radius 3 is 2.11 bits per heavy atom. The van der Waals surface area contributed by atoms with E-state index in [-0.39, 0.29) is 12.2 Å². The molecule has 0 radical (unpaired) electrons. The van der Waals surface area contributed by atoms with Gasteiger partial charge in [0.2, 0.25) is 17.6 Å². The number of rotatable bonds is 7. The highest BCUT2D eigenvalue weighted by Gasteiger charge is 2.44. The summed E-state index contributed by atoms with van der Waals surface area (Å²) >= 11 is 0. The summed E-state index contributed by atoms with van der Waals surface area (Å²) in [5.41, 5.74) is 6.36. The first kappa shape index (κ1) is 21.1. The molecular formula is C19H24N2O7. The van der Waals surface area contributed by atoms with E-state index in [2.05, 4.69) is 5.32 Å². The van der Waals surface area contributed by atoms with E-state index in [1.54, 1.807) is 26.0 Å². The third-order valence-corrected chi connectivity index (χ3v) is 4.49. The first-order valence-electron chi connectivity index (χ1n) is 8.58. The summed E-state index contributed by atoms with van der Waals surface area (Å²) in [5.74, 6) is -3.45. The van der Waals surface area contributed by atoms with Crippen molar-refractivity contribution < 1.29 is 33.3 Å². The zero-order valence-electron chi connectivity index (χ0n) is 16.5. The minimum atomic E-state index is -1.31. The molecule has 0 fully saturated rings. The topological polar surface area (TPSA) is 126 Å². The summed E-state index contributed by atoms with van der Waals surface area (Å²) in [6, 6.07) is 3.15. The van der Waals surface area contributed by atoms with E-state index in [0.29, 0.717) is 28.5 Å². The first-order valence-corrected chi connectivity index (χ1v) is 8.58. The predicted molar refractivity (Wildman–Crippen MR) is 99.0 cm³/mol. The van der Waals surface area contributed by atoms with Crippen molar-refractivity contribution in [1.82, 2.24) is 5.32 Å². The van der Waals surface area contributed by atoms with Gasteiger partial charge in [0.05, 0.1) is 33.5 Å². The lowest BCUT2D eigenvalue weighted by Crippen LogP contribution is -2.47. The Bertz CT molecular complexity index is 807. The number of methoxy groups -OCH3 is 3. The second kappa shape index (κ2) is 8.64. The smallest absolute Gasteiger partial charge is 0.336 e. The number of nitrogens with one attached hydrogen (secondary N) is 1. The lowest BCUT2D eigenvalue weighted by molar-refractivity contribution is -0.140. The average molecular weight is 392 g/mol. The average Bonchev–Trinajstić information content (AvgIpc) is 2.65. The number of carbonyl (C=O) groups is 3. The van der Waals surface area contributed by atoms with Crippen molar-refractivity contribution in [3.8, 4) is 17.2 Å². The van der Waals surface area contributed by atoms with Gasteiger partial charge >= 0.3 is 5.97 Å². The number of hydrogen-bond donors (Lipinski definition) is 2. The van der Waals surface area contributed by atoms with Gasteiger partial charge in [0.1, 0.15) is 5.92 Å². The van der Waals surface area contributed by atoms with Crippen LogP contribution in [0.1, 0.15) is 25.3 Å². The van der Waals surface area contributed by atoms with Crippen LogP contribution >= 0.6 is 0 Å². The molecule has 0 saturated heterocycles. The Morgan fingerprint density at radius 1 is 1.11 bits per heavy atom. The maximum absolute atomic E-state index is 12.6. The van der Waals surface area contributed by atoms with Crippen LogP contribution in [0.4, 0.5) is 0 Å². The molecule has 2 amide bonds. The number of benzene rings is 1. The summed E-state index contributed by atoms with van der Waals surface area (Å²) in [5, 5.41) is 2.53. The van der Waals surface area contributed by atoms with Gasteiger partial charge in [-0.1, -0.05) is 0 Å². The maximum atomic E-state index is 12.6. The van der Waals surface area contributed by atoms with Crippen molar-refractivity contribution in [3.63, 3.8) is 0 Å². The fourth-order valence-corrected chi connectivity index (χ4v) is 3.30. The van der Waals surface area contributed by atoms with Crippen LogP contribution in [0, 0.1) is 5.92 Å². The second-order valence-corrected chi connectivity index (χ2v) is 6.06. The lowest BCUT2D eigenvalue weighted by Gasteiger charge is -2.32. The molecule has 9 nitrogen and oxygen atoms in total. The Morgan fingerprint density at radius 2 is 1.68 bits per heavy atom. The Hall–Kier alpha value is -3.23. The molecule has 1 aromatic rings. The number of carbonyl (C=O) groups excluding carboxylic acids is 3. The molecule has 9 heteroatoms. The molecule has 0 saturated carbocycles. The van der Waals surface area contributed by atoms with Gasteiger partial charge in [0, 0.05) is 11.6 Å². The van der Waals surface area contributed by atoms with Crippen LogP contribution in [-0.4, -0.2) is 45.7 Å². The van der Waals surface area contributed by atoms with E-state index in [1.165, 1.54) is 21.3 Å². The Balaban J connectivity index is 2.77. The van der Waals surface area contributed by atoms with Crippen LogP contribution in [-0.2, 0) is 19.1 Å². The monoisotopic (exact) mass is 392 g/mol. The number of amides is 2. The number of ether oxygens (including phenoxy) is 4. The van der Waals surface area contributed by atoms with Crippen molar-refractivity contribution in [2.75, 3.05) is 27.9 Å². The standard InChI is InChI=1S/C19H24N2O7/c1-6-28-19(24)13-9(2)21-18(23)15(17(20)22)14(13)10-7-11(25-3)16(27-5)12(8-10)26-4/h7-8,14-15H,6H2,1-5H3,(H2,20,22)(H,21,23)/t14-,15+/m1/s1. The molecule has 1 aliphatic rings. The lowest BCUT2D eigenvalue weighted by atomic mass is 9.76. The highest BCUT2D eigenvalue weighted by atomic mass is 16.5. The van der Waals surface area contributed by atoms with E-state index in [1.807, 2.05) is 0 Å². The molecule has 0 spiro atoms. The zero-order valence-corrected chi connectivity index (χ0v) is 16.5. The summed E-state index contributed by atoms with van der Waals surface area (Å²) in [6.45, 7) is 3.36. The Labute approximate surface area is 162 Å². The highest BCUT2D eigenvalue weighted by Crippen LogP contribution is 2.45. The van der Waals surface area contributed by atoms with Crippen LogP contribution in [0.2, 0.25) is 0 Å². The molecule has 0 unspecified atom stereocenters. The van der Waals surface area contributed by atoms with Crippen LogP contribution < -0.4 is 25.3 Å². The quantitative estimate of drug-likeness (QED) is 0.521. The largest absolute Gasteiger partial charge is 0.493 e. The third-order valence-electron chi connectivity index (χ3n) is 4.49. The molecule has 1 aromatic carbocycles. The molecule has 1 heterocycles. The molecule has 0 bridgehead atoms. The highest BCUT2D eigenvalue weighted by molar-refractivity contribution is 6.06. The molecule has 2 atom stereocenters. The normalized spacial score (nSPS) is 19.0. The third kappa shape index (κ3) is 3.73. The van der Waals surface area contributed by atoms with Crippen molar-refractivity contribution >= 4 is 17.8 Å². The molecule has 0 aliphatic carbocycles. The van der Waals surface area contributed by atoms with Crippen LogP contribution in [0.3, 0.4) is 0 Å². The van der Waals surface area contributed by atoms with Crippen molar-refractivity contribution in [2.24, 2.45) is 11.7 Å². The predicted octanol–water partition coefficient (Wildman–Crippen LogP) is 0.864. The number of hydrogen-bond acceptors (Lipinski definition) is 7. The fourth-order valence-electron chi connectivity index (χ4n) is 3.30. The molecule has 2 rings (SSSR count). The second-order valence-electron chi connectivity index (χ2n) is 6.06. The van der Waals surface area contributed by atoms with Gasteiger partial charge in [-0.25, -0.2) is 4.79 Å². The Kier molecular flexibility index (Phi) is 6.50. The molecule has 28 heavy (non-hydrogen) atoms. The van der Waals surface area contributed by atoms with Gasteiger partial charge in [-0.05, 0) is 31.5 Å². The van der Waals surface area contributed by atoms with Gasteiger partial charge in [0.15, 0.2) is 11.5 Å². The van der Waals surface area contributed by atoms with Crippen molar-refractivity contribution in [1.29, 1.82) is 0 Å². The molecule has 0 aromatic heterocycles. The maximum Gasteiger partial charge on any atom is 0.336 e. The van der Waals surface area contributed by atoms with Crippen LogP contribution in [0.5, 0.6) is 17.2 Å². The first-order chi connectivity index (χ1) is 13.3. The van der Waals surface area contributed by atoms with Crippen LogP contribution in [0.15, 0.2) is 23.4 Å². The van der Waals surface area contributed by atoms with E-state index >= 15 is 0 Å². The number of allylic oxidation sites excluding steroid dienone is 1. The van der Waals surface area contributed by atoms with Crippen LogP contribution in [0.25, 0.3) is 0 Å². The van der Waals surface area contributed by atoms with Gasteiger partial charge in [0.25, 0.3) is 0 Å². The van der Waals surface area contributed by atoms with Gasteiger partial charge in [-0.2, -0.15) is 0 Å². The van der Waals surface area contributed by atoms with Gasteiger partial charge in [-0.3, -0.25) is 9.59 Å². The van der Waals surface area contributed by atoms with E-state index in [4.69, 9.17) is 24.7 Å². The van der Waals surface area contributed by atoms with E-state index in [9.17, 15) is 14.4 Å². The van der Waals surface area contributed by atoms with Gasteiger partial charge < -0.3 is 30.0 Å². The minimum absolute atomic E-state index is 0.132. The summed E-state index contributed by atoms with van der Waals surface area (Å²) in [4.78, 5) is 37.2. The molecule has 1 aliphatic heterocycles. The summed E-state index contributed by atoms with van der Waals surface area (Å²) < 4.78 is 21.1. The summed E-state index contributed by atoms with van der Waals surface area (Å²) in [6.07, 6.45) is 0. The molecule has 152 valence electrons. The number of primary amides is 1. The molecule has 3 N–H and O–H groups in total. The van der Waals surface area contributed by atoms with E-state index in [0.717, 1.165) is 0 Å². The van der Waals surface area contributed by atoms with Crippen molar-refractivity contribution in [3.05, 3.63) is 29.0 Å². The SMILES string of the molecule is CCOC(=O)C1=C(C)NC(=O)[C@H](C(N)=O)[C@@H]1c1cc(OC)c(OC)c(OC)c1. The number of nitrogens with two attached hydrogens (primary N) is 1. The summed E-state index contributed by atoms with van der Waals surface area (Å²) in [7, 11) is 4.33. The van der Waals surface area contributed by atoms with Crippen molar-refractivity contribution in [2.45, 2.75) is 19.8 Å². The fraction of sp³-hybridized carbons (Fsp3) is 0.421. The van der Waals surface area contributed by atoms with E-state index < -0.39 is 29.6 Å². The zero-order chi connectivity index (χ0) is 21.0.